The van der Waals surface area contributed by atoms with E-state index >= 15 is 0 Å². The molecule has 0 bridgehead atoms. The van der Waals surface area contributed by atoms with Crippen LogP contribution in [-0.2, 0) is 4.79 Å². The Bertz CT molecular complexity index is 859. The summed E-state index contributed by atoms with van der Waals surface area (Å²) in [5.41, 5.74) is 7.11. The smallest absolute Gasteiger partial charge is 0.166 e. The van der Waals surface area contributed by atoms with E-state index < -0.39 is 18.5 Å². The molecule has 2 rings (SSSR count). The number of carbonyl (C=O) groups is 3. The van der Waals surface area contributed by atoms with Gasteiger partial charge in [-0.2, -0.15) is 0 Å². The third kappa shape index (κ3) is 5.72. The molecule has 0 radical (unpaired) electrons. The average Bonchev–Trinajstić information content (AvgIpc) is 2.66. The Kier molecular flexibility index (Phi) is 6.79. The van der Waals surface area contributed by atoms with Gasteiger partial charge < -0.3 is 20.4 Å². The maximum absolute atomic E-state index is 12.5. The maximum atomic E-state index is 12.5. The topological polar surface area (TPSA) is 110 Å². The van der Waals surface area contributed by atoms with Crippen LogP contribution in [0.2, 0.25) is 0 Å². The summed E-state index contributed by atoms with van der Waals surface area (Å²) >= 11 is 4.87. The van der Waals surface area contributed by atoms with E-state index in [9.17, 15) is 19.5 Å². The Labute approximate surface area is 161 Å². The molecule has 0 aliphatic carbocycles. The van der Waals surface area contributed by atoms with E-state index in [1.165, 1.54) is 24.3 Å². The molecule has 0 saturated carbocycles. The van der Waals surface area contributed by atoms with Crippen molar-refractivity contribution in [2.75, 3.05) is 6.61 Å². The Morgan fingerprint density at radius 1 is 1.00 bits per heavy atom. The van der Waals surface area contributed by atoms with Gasteiger partial charge in [-0.15, -0.1) is 0 Å². The zero-order valence-corrected chi connectivity index (χ0v) is 15.5. The van der Waals surface area contributed by atoms with Crippen LogP contribution in [0.3, 0.4) is 0 Å². The number of ketones is 2. The number of ether oxygens (including phenoxy) is 1. The SMILES string of the molecule is CC(CC(=O)c1ccc(C(N)=S)cc1)C(=O)c1ccc(OCC(=O)[O-])cc1. The first kappa shape index (κ1) is 20.3. The molecule has 140 valence electrons. The van der Waals surface area contributed by atoms with Gasteiger partial charge in [-0.25, -0.2) is 0 Å². The molecule has 0 heterocycles. The first-order chi connectivity index (χ1) is 12.8. The molecule has 0 aliphatic rings. The second kappa shape index (κ2) is 9.05. The van der Waals surface area contributed by atoms with Crippen LogP contribution in [0.5, 0.6) is 5.75 Å². The van der Waals surface area contributed by atoms with Gasteiger partial charge in [0.2, 0.25) is 0 Å². The summed E-state index contributed by atoms with van der Waals surface area (Å²) in [5, 5.41) is 10.4. The first-order valence-corrected chi connectivity index (χ1v) is 8.58. The number of carbonyl (C=O) groups excluding carboxylic acids is 3. The lowest BCUT2D eigenvalue weighted by Gasteiger charge is -2.11. The van der Waals surface area contributed by atoms with E-state index in [1.807, 2.05) is 0 Å². The van der Waals surface area contributed by atoms with Crippen molar-refractivity contribution in [1.29, 1.82) is 0 Å². The van der Waals surface area contributed by atoms with Crippen LogP contribution in [0.15, 0.2) is 48.5 Å². The van der Waals surface area contributed by atoms with E-state index in [0.717, 1.165) is 0 Å². The summed E-state index contributed by atoms with van der Waals surface area (Å²) < 4.78 is 4.97. The lowest BCUT2D eigenvalue weighted by molar-refractivity contribution is -0.307. The number of aliphatic carboxylic acids is 1. The van der Waals surface area contributed by atoms with Gasteiger partial charge in [0.25, 0.3) is 0 Å². The van der Waals surface area contributed by atoms with E-state index in [0.29, 0.717) is 22.4 Å². The molecule has 6 nitrogen and oxygen atoms in total. The quantitative estimate of drug-likeness (QED) is 0.516. The average molecular weight is 384 g/mol. The third-order valence-electron chi connectivity index (χ3n) is 3.93. The number of nitrogens with two attached hydrogens (primary N) is 1. The highest BCUT2D eigenvalue weighted by molar-refractivity contribution is 7.80. The molecule has 0 aromatic heterocycles. The number of carboxylic acids is 1. The summed E-state index contributed by atoms with van der Waals surface area (Å²) in [6, 6.07) is 12.7. The highest BCUT2D eigenvalue weighted by atomic mass is 32.1. The molecule has 2 aromatic carbocycles. The van der Waals surface area contributed by atoms with Gasteiger partial charge in [0, 0.05) is 29.0 Å². The molecular formula is C20H18NO5S-. The molecule has 7 heteroatoms. The summed E-state index contributed by atoms with van der Waals surface area (Å²) in [4.78, 5) is 35.5. The largest absolute Gasteiger partial charge is 0.546 e. The van der Waals surface area contributed by atoms with E-state index in [1.54, 1.807) is 31.2 Å². The summed E-state index contributed by atoms with van der Waals surface area (Å²) in [7, 11) is 0. The zero-order chi connectivity index (χ0) is 20.0. The normalized spacial score (nSPS) is 11.4. The fourth-order valence-corrected chi connectivity index (χ4v) is 2.59. The minimum absolute atomic E-state index is 0.0637. The number of thiocarbonyl (C=S) groups is 1. The van der Waals surface area contributed by atoms with Gasteiger partial charge in [-0.3, -0.25) is 9.59 Å². The predicted molar refractivity (Wildman–Crippen MR) is 102 cm³/mol. The van der Waals surface area contributed by atoms with Gasteiger partial charge in [0.1, 0.15) is 17.3 Å². The molecule has 0 aliphatic heterocycles. The lowest BCUT2D eigenvalue weighted by atomic mass is 9.92. The van der Waals surface area contributed by atoms with E-state index in [4.69, 9.17) is 22.7 Å². The Balaban J connectivity index is 1.98. The van der Waals surface area contributed by atoms with Gasteiger partial charge in [-0.1, -0.05) is 43.4 Å². The van der Waals surface area contributed by atoms with Crippen LogP contribution >= 0.6 is 12.2 Å². The van der Waals surface area contributed by atoms with Gasteiger partial charge >= 0.3 is 0 Å². The van der Waals surface area contributed by atoms with E-state index in [2.05, 4.69) is 0 Å². The molecular weight excluding hydrogens is 366 g/mol. The van der Waals surface area contributed by atoms with Crippen molar-refractivity contribution in [3.63, 3.8) is 0 Å². The summed E-state index contributed by atoms with van der Waals surface area (Å²) in [6.45, 7) is 1.12. The molecule has 1 unspecified atom stereocenters. The molecule has 0 saturated heterocycles. The second-order valence-corrected chi connectivity index (χ2v) is 6.46. The van der Waals surface area contributed by atoms with Crippen molar-refractivity contribution < 1.29 is 24.2 Å². The van der Waals surface area contributed by atoms with Crippen molar-refractivity contribution in [2.45, 2.75) is 13.3 Å². The van der Waals surface area contributed by atoms with Crippen molar-refractivity contribution in [1.82, 2.24) is 0 Å². The van der Waals surface area contributed by atoms with Crippen LogP contribution in [0.1, 0.15) is 39.6 Å². The number of carboxylic acid groups (broad SMARTS) is 1. The van der Waals surface area contributed by atoms with Gasteiger partial charge in [0.15, 0.2) is 11.6 Å². The molecule has 2 N–H and O–H groups in total. The third-order valence-corrected chi connectivity index (χ3v) is 4.16. The standard InChI is InChI=1S/C20H19NO5S/c1-12(10-17(22)13-2-4-15(5-3-13)20(21)27)19(25)14-6-8-16(9-7-14)26-11-18(23)24/h2-9,12H,10-11H2,1H3,(H2,21,27)(H,23,24)/p-1. The van der Waals surface area contributed by atoms with Crippen molar-refractivity contribution in [3.8, 4) is 5.75 Å². The zero-order valence-electron chi connectivity index (χ0n) is 14.6. The minimum Gasteiger partial charge on any atom is -0.546 e. The predicted octanol–water partition coefficient (Wildman–Crippen LogP) is 1.54. The second-order valence-electron chi connectivity index (χ2n) is 6.02. The number of benzene rings is 2. The molecule has 0 fully saturated rings. The van der Waals surface area contributed by atoms with Crippen molar-refractivity contribution in [2.24, 2.45) is 11.7 Å². The molecule has 0 amide bonds. The fourth-order valence-electron chi connectivity index (χ4n) is 2.45. The molecule has 27 heavy (non-hydrogen) atoms. The number of Topliss-reactive ketones (excluding diaryl/α,β-unsaturated/α-hetero) is 2. The maximum Gasteiger partial charge on any atom is 0.166 e. The first-order valence-electron chi connectivity index (χ1n) is 8.18. The monoisotopic (exact) mass is 384 g/mol. The van der Waals surface area contributed by atoms with E-state index in [-0.39, 0.29) is 23.0 Å². The van der Waals surface area contributed by atoms with Crippen LogP contribution < -0.4 is 15.6 Å². The van der Waals surface area contributed by atoms with Crippen molar-refractivity contribution in [3.05, 3.63) is 65.2 Å². The van der Waals surface area contributed by atoms with Crippen LogP contribution in [0.4, 0.5) is 0 Å². The summed E-state index contributed by atoms with van der Waals surface area (Å²) in [6.07, 6.45) is 0.0637. The van der Waals surface area contributed by atoms with Crippen LogP contribution in [0, 0.1) is 5.92 Å². The number of hydrogen-bond donors (Lipinski definition) is 1. The molecule has 2 aromatic rings. The highest BCUT2D eigenvalue weighted by Gasteiger charge is 2.19. The molecule has 1 atom stereocenters. The number of rotatable bonds is 9. The number of hydrogen-bond acceptors (Lipinski definition) is 6. The van der Waals surface area contributed by atoms with Crippen molar-refractivity contribution >= 4 is 34.7 Å². The fraction of sp³-hybridized carbons (Fsp3) is 0.200. The summed E-state index contributed by atoms with van der Waals surface area (Å²) in [5.74, 6) is -1.86. The lowest BCUT2D eigenvalue weighted by Crippen LogP contribution is -2.28. The minimum atomic E-state index is -1.33. The van der Waals surface area contributed by atoms with Crippen LogP contribution in [-0.4, -0.2) is 29.1 Å². The highest BCUT2D eigenvalue weighted by Crippen LogP contribution is 2.19. The Morgan fingerprint density at radius 2 is 1.52 bits per heavy atom. The van der Waals surface area contributed by atoms with Crippen LogP contribution in [0.25, 0.3) is 0 Å². The Hall–Kier alpha value is -3.06. The Morgan fingerprint density at radius 3 is 2.04 bits per heavy atom. The van der Waals surface area contributed by atoms with Gasteiger partial charge in [0.05, 0.1) is 5.97 Å². The molecule has 0 spiro atoms. The van der Waals surface area contributed by atoms with Gasteiger partial charge in [-0.05, 0) is 24.3 Å².